The molecular weight excluding hydrogens is 470 g/mol. The Kier molecular flexibility index (Phi) is 6.60. The molecule has 1 aliphatic carbocycles. The average molecular weight is 512 g/mol. The molecule has 196 valence electrons. The van der Waals surface area contributed by atoms with Crippen molar-refractivity contribution < 1.29 is 17.9 Å². The predicted molar refractivity (Wildman–Crippen MR) is 144 cm³/mol. The average Bonchev–Trinajstić information content (AvgIpc) is 3.35. The van der Waals surface area contributed by atoms with Gasteiger partial charge in [-0.15, -0.1) is 0 Å². The van der Waals surface area contributed by atoms with Crippen LogP contribution in [0.5, 0.6) is 0 Å². The summed E-state index contributed by atoms with van der Waals surface area (Å²) < 4.78 is 32.1. The molecule has 0 bridgehead atoms. The van der Waals surface area contributed by atoms with Gasteiger partial charge in [0.15, 0.2) is 9.84 Å². The van der Waals surface area contributed by atoms with Crippen LogP contribution >= 0.6 is 0 Å². The summed E-state index contributed by atoms with van der Waals surface area (Å²) in [7, 11) is -3.46. The van der Waals surface area contributed by atoms with Crippen LogP contribution in [0.3, 0.4) is 0 Å². The van der Waals surface area contributed by atoms with Gasteiger partial charge in [-0.2, -0.15) is 0 Å². The van der Waals surface area contributed by atoms with E-state index in [0.29, 0.717) is 23.3 Å². The molecule has 1 saturated carbocycles. The zero-order valence-electron chi connectivity index (χ0n) is 23.0. The van der Waals surface area contributed by atoms with Crippen molar-refractivity contribution in [2.45, 2.75) is 95.4 Å². The van der Waals surface area contributed by atoms with Gasteiger partial charge in [-0.25, -0.2) is 13.2 Å². The fourth-order valence-electron chi connectivity index (χ4n) is 6.06. The molecule has 2 aliphatic rings. The maximum absolute atomic E-state index is 13.2. The van der Waals surface area contributed by atoms with Gasteiger partial charge in [0.1, 0.15) is 5.60 Å². The molecule has 5 nitrogen and oxygen atoms in total. The topological polar surface area (TPSA) is 63.7 Å². The number of benzene rings is 2. The lowest BCUT2D eigenvalue weighted by Gasteiger charge is -2.42. The number of fused-ring (bicyclic) bond motifs is 1. The SMILES string of the molecule is CC(C)c1ccc(CS(=O)(=O)c2ccc([C@]34C[C@H]3CN(C(=O)OC(C)(C)C)C4C(C)(C)C)cc2)cc1. The van der Waals surface area contributed by atoms with E-state index in [1.165, 1.54) is 5.56 Å². The predicted octanol–water partition coefficient (Wildman–Crippen LogP) is 6.71. The molecule has 1 aliphatic heterocycles. The first-order valence-corrected chi connectivity index (χ1v) is 14.6. The number of nitrogens with zero attached hydrogens (tertiary/aromatic N) is 1. The molecule has 1 unspecified atom stereocenters. The number of hydrogen-bond donors (Lipinski definition) is 0. The molecule has 2 fully saturated rings. The van der Waals surface area contributed by atoms with E-state index in [9.17, 15) is 13.2 Å². The van der Waals surface area contributed by atoms with Crippen LogP contribution in [0, 0.1) is 11.3 Å². The molecule has 1 saturated heterocycles. The summed E-state index contributed by atoms with van der Waals surface area (Å²) in [5, 5.41) is 0. The van der Waals surface area contributed by atoms with Crippen molar-refractivity contribution in [1.82, 2.24) is 4.90 Å². The van der Waals surface area contributed by atoms with Gasteiger partial charge in [0, 0.05) is 18.0 Å². The molecular formula is C30H41NO4S. The molecule has 1 heterocycles. The first kappa shape index (κ1) is 26.7. The van der Waals surface area contributed by atoms with Crippen LogP contribution in [-0.4, -0.2) is 37.6 Å². The number of piperidine rings is 1. The maximum atomic E-state index is 13.2. The van der Waals surface area contributed by atoms with Crippen molar-refractivity contribution in [2.75, 3.05) is 6.54 Å². The quantitative estimate of drug-likeness (QED) is 0.448. The summed E-state index contributed by atoms with van der Waals surface area (Å²) in [6, 6.07) is 15.2. The van der Waals surface area contributed by atoms with Gasteiger partial charge < -0.3 is 9.64 Å². The Labute approximate surface area is 217 Å². The van der Waals surface area contributed by atoms with Crippen molar-refractivity contribution >= 4 is 15.9 Å². The third-order valence-corrected chi connectivity index (χ3v) is 9.28. The number of hydrogen-bond acceptors (Lipinski definition) is 4. The largest absolute Gasteiger partial charge is 0.444 e. The van der Waals surface area contributed by atoms with Crippen molar-refractivity contribution in [3.63, 3.8) is 0 Å². The number of ether oxygens (including phenoxy) is 1. The summed E-state index contributed by atoms with van der Waals surface area (Å²) in [5.41, 5.74) is 2.23. The Balaban J connectivity index is 1.58. The van der Waals surface area contributed by atoms with Gasteiger partial charge >= 0.3 is 6.09 Å². The number of likely N-dealkylation sites (tertiary alicyclic amines) is 1. The van der Waals surface area contributed by atoms with Crippen molar-refractivity contribution in [2.24, 2.45) is 11.3 Å². The van der Waals surface area contributed by atoms with Crippen LogP contribution in [0.4, 0.5) is 4.79 Å². The summed E-state index contributed by atoms with van der Waals surface area (Å²) in [4.78, 5) is 15.3. The number of sulfone groups is 1. The van der Waals surface area contributed by atoms with Gasteiger partial charge in [0.25, 0.3) is 0 Å². The highest BCUT2D eigenvalue weighted by Gasteiger charge is 2.70. The van der Waals surface area contributed by atoms with Gasteiger partial charge in [0.2, 0.25) is 0 Å². The van der Waals surface area contributed by atoms with E-state index >= 15 is 0 Å². The van der Waals surface area contributed by atoms with Gasteiger partial charge in [-0.3, -0.25) is 0 Å². The molecule has 2 aromatic carbocycles. The molecule has 6 heteroatoms. The molecule has 0 N–H and O–H groups in total. The van der Waals surface area contributed by atoms with Crippen LogP contribution in [0.25, 0.3) is 0 Å². The molecule has 3 atom stereocenters. The molecule has 0 aromatic heterocycles. The van der Waals surface area contributed by atoms with Crippen molar-refractivity contribution in [3.05, 3.63) is 65.2 Å². The van der Waals surface area contributed by atoms with Crippen LogP contribution in [0.15, 0.2) is 53.4 Å². The monoisotopic (exact) mass is 511 g/mol. The van der Waals surface area contributed by atoms with Crippen molar-refractivity contribution in [1.29, 1.82) is 0 Å². The number of carbonyl (C=O) groups excluding carboxylic acids is 1. The Morgan fingerprint density at radius 2 is 1.58 bits per heavy atom. The summed E-state index contributed by atoms with van der Waals surface area (Å²) in [6.45, 7) is 17.1. The Bertz CT molecular complexity index is 1220. The normalized spacial score (nSPS) is 24.1. The molecule has 36 heavy (non-hydrogen) atoms. The minimum Gasteiger partial charge on any atom is -0.444 e. The van der Waals surface area contributed by atoms with Gasteiger partial charge in [0.05, 0.1) is 10.6 Å². The highest BCUT2D eigenvalue weighted by Crippen LogP contribution is 2.66. The van der Waals surface area contributed by atoms with Gasteiger partial charge in [-0.05, 0) is 73.3 Å². The van der Waals surface area contributed by atoms with Crippen molar-refractivity contribution in [3.8, 4) is 0 Å². The third kappa shape index (κ3) is 5.06. The van der Waals surface area contributed by atoms with Crippen LogP contribution in [0.2, 0.25) is 0 Å². The van der Waals surface area contributed by atoms with E-state index in [4.69, 9.17) is 4.74 Å². The fourth-order valence-corrected chi connectivity index (χ4v) is 7.41. The summed E-state index contributed by atoms with van der Waals surface area (Å²) in [6.07, 6.45) is 0.736. The van der Waals surface area contributed by atoms with Crippen LogP contribution < -0.4 is 0 Å². The number of rotatable bonds is 5. The molecule has 4 rings (SSSR count). The second-order valence-corrected chi connectivity index (χ2v) is 15.0. The first-order chi connectivity index (χ1) is 16.5. The van der Waals surface area contributed by atoms with Crippen LogP contribution in [-0.2, 0) is 25.7 Å². The van der Waals surface area contributed by atoms with E-state index in [1.54, 1.807) is 12.1 Å². The lowest BCUT2D eigenvalue weighted by atomic mass is 9.73. The highest BCUT2D eigenvalue weighted by molar-refractivity contribution is 7.90. The lowest BCUT2D eigenvalue weighted by Crippen LogP contribution is -2.51. The van der Waals surface area contributed by atoms with Crippen LogP contribution in [0.1, 0.15) is 84.4 Å². The zero-order chi connectivity index (χ0) is 26.7. The highest BCUT2D eigenvalue weighted by atomic mass is 32.2. The zero-order valence-corrected chi connectivity index (χ0v) is 23.8. The van der Waals surface area contributed by atoms with E-state index in [-0.39, 0.29) is 28.7 Å². The van der Waals surface area contributed by atoms with E-state index in [2.05, 4.69) is 34.6 Å². The third-order valence-electron chi connectivity index (χ3n) is 7.57. The Hall–Kier alpha value is -2.34. The van der Waals surface area contributed by atoms with E-state index in [0.717, 1.165) is 17.5 Å². The smallest absolute Gasteiger partial charge is 0.410 e. The Morgan fingerprint density at radius 1 is 1.00 bits per heavy atom. The maximum Gasteiger partial charge on any atom is 0.410 e. The van der Waals surface area contributed by atoms with E-state index in [1.807, 2.05) is 62.1 Å². The van der Waals surface area contributed by atoms with Gasteiger partial charge in [-0.1, -0.05) is 71.0 Å². The second-order valence-electron chi connectivity index (χ2n) is 13.0. The number of carbonyl (C=O) groups is 1. The molecule has 0 radical (unpaired) electrons. The standard InChI is InChI=1S/C30H41NO4S/c1-20(2)22-11-9-21(10-12-22)19-36(33,34)25-15-13-23(14-16-25)30-17-24(30)18-31(26(30)28(3,4)5)27(32)35-29(6,7)8/h9-16,20,24,26H,17-19H2,1-8H3/t24-,26?,30+/m0/s1. The fraction of sp³-hybridized carbons (Fsp3) is 0.567. The summed E-state index contributed by atoms with van der Waals surface area (Å²) >= 11 is 0. The molecule has 1 amide bonds. The lowest BCUT2D eigenvalue weighted by molar-refractivity contribution is 0.00480. The molecule has 0 spiro atoms. The molecule has 2 aromatic rings. The minimum atomic E-state index is -3.46. The van der Waals surface area contributed by atoms with E-state index < -0.39 is 15.4 Å². The summed E-state index contributed by atoms with van der Waals surface area (Å²) in [5.74, 6) is 0.749. The second kappa shape index (κ2) is 8.90. The first-order valence-electron chi connectivity index (χ1n) is 13.0. The Morgan fingerprint density at radius 3 is 2.08 bits per heavy atom. The minimum absolute atomic E-state index is 0.0183. The number of amides is 1.